The molecule has 0 aromatic heterocycles. The molecule has 1 heterocycles. The summed E-state index contributed by atoms with van der Waals surface area (Å²) in [6.07, 6.45) is 0. The number of aromatic carboxylic acids is 1. The van der Waals surface area contributed by atoms with Crippen LogP contribution in [-0.4, -0.2) is 58.6 Å². The summed E-state index contributed by atoms with van der Waals surface area (Å²) in [7, 11) is 0. The Morgan fingerprint density at radius 1 is 1.10 bits per heavy atom. The van der Waals surface area contributed by atoms with Crippen molar-refractivity contribution >= 4 is 11.9 Å². The molecule has 7 heteroatoms. The molecule has 0 aliphatic carbocycles. The van der Waals surface area contributed by atoms with E-state index >= 15 is 0 Å². The first-order chi connectivity index (χ1) is 14.2. The van der Waals surface area contributed by atoms with E-state index in [0.29, 0.717) is 19.6 Å². The molecule has 0 bridgehead atoms. The Balaban J connectivity index is 1.60. The first kappa shape index (κ1) is 21.8. The van der Waals surface area contributed by atoms with E-state index in [1.165, 1.54) is 18.2 Å². The highest BCUT2D eigenvalue weighted by Gasteiger charge is 2.32. The Hall–Kier alpha value is -2.93. The zero-order valence-corrected chi connectivity index (χ0v) is 17.5. The molecule has 1 fully saturated rings. The number of aryl methyl sites for hydroxylation is 1. The first-order valence-corrected chi connectivity index (χ1v) is 9.99. The quantitative estimate of drug-likeness (QED) is 0.785. The van der Waals surface area contributed by atoms with Gasteiger partial charge in [0, 0.05) is 31.7 Å². The van der Waals surface area contributed by atoms with Gasteiger partial charge in [0.25, 0.3) is 5.91 Å². The lowest BCUT2D eigenvalue weighted by atomic mass is 10.1. The molecule has 2 aromatic carbocycles. The number of amides is 1. The summed E-state index contributed by atoms with van der Waals surface area (Å²) in [6.45, 7) is 7.55. The normalized spacial score (nSPS) is 19.5. The highest BCUT2D eigenvalue weighted by atomic mass is 19.1. The molecule has 3 rings (SSSR count). The predicted molar refractivity (Wildman–Crippen MR) is 111 cm³/mol. The average Bonchev–Trinajstić information content (AvgIpc) is 2.70. The van der Waals surface area contributed by atoms with Crippen LogP contribution >= 0.6 is 0 Å². The van der Waals surface area contributed by atoms with E-state index in [1.807, 2.05) is 6.92 Å². The number of rotatable bonds is 6. The van der Waals surface area contributed by atoms with Gasteiger partial charge in [-0.15, -0.1) is 0 Å². The SMILES string of the molecule is Cc1ccc(OCC(=O)N2CC(C)N(Cc3ccc(F)cc3)CC2C)c(C(=O)O)c1. The van der Waals surface area contributed by atoms with Crippen LogP contribution in [0, 0.1) is 12.7 Å². The number of ether oxygens (including phenoxy) is 1. The molecular formula is C23H27FN2O4. The third-order valence-electron chi connectivity index (χ3n) is 5.45. The van der Waals surface area contributed by atoms with Gasteiger partial charge >= 0.3 is 5.97 Å². The summed E-state index contributed by atoms with van der Waals surface area (Å²) in [5.74, 6) is -1.32. The van der Waals surface area contributed by atoms with Crippen LogP contribution in [0.1, 0.15) is 35.3 Å². The van der Waals surface area contributed by atoms with Gasteiger partial charge in [0.2, 0.25) is 0 Å². The number of nitrogens with zero attached hydrogens (tertiary/aromatic N) is 2. The summed E-state index contributed by atoms with van der Waals surface area (Å²) in [5.41, 5.74) is 1.89. The summed E-state index contributed by atoms with van der Waals surface area (Å²) in [4.78, 5) is 28.2. The summed E-state index contributed by atoms with van der Waals surface area (Å²) >= 11 is 0. The highest BCUT2D eigenvalue weighted by Crippen LogP contribution is 2.22. The van der Waals surface area contributed by atoms with Gasteiger partial charge in [-0.25, -0.2) is 9.18 Å². The van der Waals surface area contributed by atoms with E-state index in [-0.39, 0.29) is 41.7 Å². The predicted octanol–water partition coefficient (Wildman–Crippen LogP) is 3.33. The van der Waals surface area contributed by atoms with Crippen molar-refractivity contribution in [1.29, 1.82) is 0 Å². The number of piperazine rings is 1. The number of benzene rings is 2. The second-order valence-corrected chi connectivity index (χ2v) is 7.89. The number of carbonyl (C=O) groups excluding carboxylic acids is 1. The molecule has 2 unspecified atom stereocenters. The minimum Gasteiger partial charge on any atom is -0.483 e. The minimum atomic E-state index is -1.09. The molecule has 0 saturated carbocycles. The molecule has 1 aliphatic rings. The molecule has 1 N–H and O–H groups in total. The van der Waals surface area contributed by atoms with E-state index in [1.54, 1.807) is 36.1 Å². The zero-order valence-electron chi connectivity index (χ0n) is 17.5. The summed E-state index contributed by atoms with van der Waals surface area (Å²) in [5, 5.41) is 9.34. The maximum absolute atomic E-state index is 13.1. The van der Waals surface area contributed by atoms with Gasteiger partial charge in [-0.2, -0.15) is 0 Å². The van der Waals surface area contributed by atoms with Crippen LogP contribution in [-0.2, 0) is 11.3 Å². The van der Waals surface area contributed by atoms with Gasteiger partial charge in [0.15, 0.2) is 6.61 Å². The van der Waals surface area contributed by atoms with Gasteiger partial charge in [-0.3, -0.25) is 9.69 Å². The number of halogens is 1. The number of carboxylic acids is 1. The van der Waals surface area contributed by atoms with Crippen molar-refractivity contribution in [2.75, 3.05) is 19.7 Å². The number of carbonyl (C=O) groups is 2. The Morgan fingerprint density at radius 2 is 1.80 bits per heavy atom. The van der Waals surface area contributed by atoms with E-state index < -0.39 is 5.97 Å². The van der Waals surface area contributed by atoms with Gasteiger partial charge in [0.05, 0.1) is 0 Å². The first-order valence-electron chi connectivity index (χ1n) is 9.99. The van der Waals surface area contributed by atoms with E-state index in [2.05, 4.69) is 11.8 Å². The molecule has 30 heavy (non-hydrogen) atoms. The summed E-state index contributed by atoms with van der Waals surface area (Å²) < 4.78 is 18.7. The highest BCUT2D eigenvalue weighted by molar-refractivity contribution is 5.91. The molecule has 1 saturated heterocycles. The molecular weight excluding hydrogens is 387 g/mol. The Kier molecular flexibility index (Phi) is 6.72. The molecule has 2 atom stereocenters. The number of hydrogen-bond acceptors (Lipinski definition) is 4. The summed E-state index contributed by atoms with van der Waals surface area (Å²) in [6, 6.07) is 11.4. The van der Waals surface area contributed by atoms with Gasteiger partial charge in [-0.05, 0) is 50.6 Å². The van der Waals surface area contributed by atoms with Gasteiger partial charge < -0.3 is 14.7 Å². The lowest BCUT2D eigenvalue weighted by molar-refractivity contribution is -0.139. The Bertz CT molecular complexity index is 916. The van der Waals surface area contributed by atoms with Crippen molar-refractivity contribution in [1.82, 2.24) is 9.80 Å². The average molecular weight is 414 g/mol. The largest absolute Gasteiger partial charge is 0.483 e. The zero-order chi connectivity index (χ0) is 21.8. The second kappa shape index (κ2) is 9.26. The number of carboxylic acid groups (broad SMARTS) is 1. The third-order valence-corrected chi connectivity index (χ3v) is 5.45. The second-order valence-electron chi connectivity index (χ2n) is 7.89. The molecule has 0 radical (unpaired) electrons. The van der Waals surface area contributed by atoms with Crippen molar-refractivity contribution in [2.24, 2.45) is 0 Å². The van der Waals surface area contributed by atoms with Gasteiger partial charge in [0.1, 0.15) is 17.1 Å². The van der Waals surface area contributed by atoms with Crippen molar-refractivity contribution in [3.05, 3.63) is 65.0 Å². The van der Waals surface area contributed by atoms with E-state index in [4.69, 9.17) is 4.74 Å². The number of hydrogen-bond donors (Lipinski definition) is 1. The van der Waals surface area contributed by atoms with Crippen LogP contribution in [0.25, 0.3) is 0 Å². The van der Waals surface area contributed by atoms with E-state index in [9.17, 15) is 19.1 Å². The molecule has 1 aliphatic heterocycles. The molecule has 1 amide bonds. The van der Waals surface area contributed by atoms with Crippen molar-refractivity contribution in [2.45, 2.75) is 39.4 Å². The van der Waals surface area contributed by atoms with Crippen LogP contribution in [0.3, 0.4) is 0 Å². The van der Waals surface area contributed by atoms with Crippen LogP contribution in [0.2, 0.25) is 0 Å². The topological polar surface area (TPSA) is 70.1 Å². The van der Waals surface area contributed by atoms with Crippen molar-refractivity contribution < 1.29 is 23.8 Å². The fourth-order valence-electron chi connectivity index (χ4n) is 3.75. The third kappa shape index (κ3) is 5.16. The smallest absolute Gasteiger partial charge is 0.339 e. The standard InChI is InChI=1S/C23H27FN2O4/c1-15-4-9-21(20(10-15)23(28)29)30-14-22(27)26-12-16(2)25(11-17(26)3)13-18-5-7-19(24)8-6-18/h4-10,16-17H,11-14H2,1-3H3,(H,28,29). The van der Waals surface area contributed by atoms with Crippen LogP contribution in [0.5, 0.6) is 5.75 Å². The lowest BCUT2D eigenvalue weighted by Crippen LogP contribution is -2.58. The Morgan fingerprint density at radius 3 is 2.47 bits per heavy atom. The van der Waals surface area contributed by atoms with Crippen LogP contribution < -0.4 is 4.74 Å². The molecule has 2 aromatic rings. The van der Waals surface area contributed by atoms with Crippen LogP contribution in [0.4, 0.5) is 4.39 Å². The maximum Gasteiger partial charge on any atom is 0.339 e. The minimum absolute atomic E-state index is 0.0188. The maximum atomic E-state index is 13.1. The molecule has 0 spiro atoms. The Labute approximate surface area is 175 Å². The monoisotopic (exact) mass is 414 g/mol. The fourth-order valence-corrected chi connectivity index (χ4v) is 3.75. The van der Waals surface area contributed by atoms with Crippen molar-refractivity contribution in [3.8, 4) is 5.75 Å². The van der Waals surface area contributed by atoms with Crippen molar-refractivity contribution in [3.63, 3.8) is 0 Å². The molecule has 160 valence electrons. The van der Waals surface area contributed by atoms with Gasteiger partial charge in [-0.1, -0.05) is 23.8 Å². The fraction of sp³-hybridized carbons (Fsp3) is 0.391. The van der Waals surface area contributed by atoms with Crippen LogP contribution in [0.15, 0.2) is 42.5 Å². The van der Waals surface area contributed by atoms with E-state index in [0.717, 1.165) is 11.1 Å². The molecule has 6 nitrogen and oxygen atoms in total. The lowest BCUT2D eigenvalue weighted by Gasteiger charge is -2.44.